The van der Waals surface area contributed by atoms with Crippen LogP contribution in [0.4, 0.5) is 0 Å². The van der Waals surface area contributed by atoms with Crippen molar-refractivity contribution in [1.82, 2.24) is 9.62 Å². The second-order valence-electron chi connectivity index (χ2n) is 7.19. The third-order valence-electron chi connectivity index (χ3n) is 4.53. The van der Waals surface area contributed by atoms with E-state index in [0.717, 1.165) is 19.3 Å². The van der Waals surface area contributed by atoms with E-state index in [1.165, 1.54) is 12.1 Å². The molecule has 1 N–H and O–H groups in total. The maximum Gasteiger partial charge on any atom is 0.255 e. The van der Waals surface area contributed by atoms with Gasteiger partial charge in [0.15, 0.2) is 0 Å². The molecule has 2 aliphatic rings. The zero-order chi connectivity index (χ0) is 17.5. The van der Waals surface area contributed by atoms with Crippen molar-refractivity contribution in [2.45, 2.75) is 44.0 Å². The average molecular weight is 415 g/mol. The summed E-state index contributed by atoms with van der Waals surface area (Å²) in [6.07, 6.45) is 2.88. The van der Waals surface area contributed by atoms with Crippen LogP contribution in [-0.2, 0) is 10.0 Å². The van der Waals surface area contributed by atoms with Gasteiger partial charge in [0.05, 0.1) is 10.5 Å². The lowest BCUT2D eigenvalue weighted by molar-refractivity contribution is 0.0622. The number of nitrogens with zero attached hydrogens (tertiary/aromatic N) is 1. The van der Waals surface area contributed by atoms with Gasteiger partial charge < -0.3 is 4.90 Å². The Morgan fingerprint density at radius 2 is 1.83 bits per heavy atom. The second-order valence-corrected chi connectivity index (χ2v) is 9.76. The third-order valence-corrected chi connectivity index (χ3v) is 6.74. The van der Waals surface area contributed by atoms with E-state index in [0.29, 0.717) is 35.0 Å². The van der Waals surface area contributed by atoms with Gasteiger partial charge in [-0.3, -0.25) is 4.79 Å². The molecule has 1 saturated heterocycles. The summed E-state index contributed by atoms with van der Waals surface area (Å²) in [5, 5.41) is 0. The van der Waals surface area contributed by atoms with Crippen molar-refractivity contribution in [3.63, 3.8) is 0 Å². The molecule has 7 heteroatoms. The van der Waals surface area contributed by atoms with E-state index in [2.05, 4.69) is 34.5 Å². The van der Waals surface area contributed by atoms with Gasteiger partial charge in [-0.1, -0.05) is 13.8 Å². The zero-order valence-electron chi connectivity index (χ0n) is 14.0. The van der Waals surface area contributed by atoms with Crippen molar-refractivity contribution < 1.29 is 13.2 Å². The molecule has 2 fully saturated rings. The van der Waals surface area contributed by atoms with E-state index in [-0.39, 0.29) is 16.8 Å². The lowest BCUT2D eigenvalue weighted by atomic mass is 9.91. The predicted octanol–water partition coefficient (Wildman–Crippen LogP) is 3.01. The first kappa shape index (κ1) is 17.9. The molecule has 1 heterocycles. The number of amides is 1. The Morgan fingerprint density at radius 3 is 2.42 bits per heavy atom. The Morgan fingerprint density at radius 1 is 1.21 bits per heavy atom. The van der Waals surface area contributed by atoms with Crippen LogP contribution >= 0.6 is 15.9 Å². The van der Waals surface area contributed by atoms with Crippen molar-refractivity contribution in [3.8, 4) is 0 Å². The number of benzene rings is 1. The number of carbonyl (C=O) groups excluding carboxylic acids is 1. The lowest BCUT2D eigenvalue weighted by Gasteiger charge is -2.35. The Bertz CT molecular complexity index is 736. The molecular weight excluding hydrogens is 392 g/mol. The summed E-state index contributed by atoms with van der Waals surface area (Å²) in [6, 6.07) is 4.71. The number of hydrogen-bond donors (Lipinski definition) is 1. The molecule has 2 atom stereocenters. The van der Waals surface area contributed by atoms with Crippen molar-refractivity contribution >= 4 is 31.9 Å². The molecule has 132 valence electrons. The molecule has 0 radical (unpaired) electrons. The zero-order valence-corrected chi connectivity index (χ0v) is 16.4. The number of piperidine rings is 1. The highest BCUT2D eigenvalue weighted by atomic mass is 79.9. The van der Waals surface area contributed by atoms with Crippen LogP contribution in [-0.4, -0.2) is 38.4 Å². The highest BCUT2D eigenvalue weighted by molar-refractivity contribution is 9.10. The van der Waals surface area contributed by atoms with Gasteiger partial charge in [-0.2, -0.15) is 0 Å². The Hall–Kier alpha value is -0.920. The van der Waals surface area contributed by atoms with Gasteiger partial charge in [0.2, 0.25) is 10.0 Å². The summed E-state index contributed by atoms with van der Waals surface area (Å²) in [5.41, 5.74) is 0.412. The van der Waals surface area contributed by atoms with Crippen LogP contribution < -0.4 is 4.72 Å². The summed E-state index contributed by atoms with van der Waals surface area (Å²) in [6.45, 7) is 5.72. The molecular formula is C17H23BrN2O3S. The SMILES string of the molecule is CC1CC(C)CN(C(=O)c2cc(S(=O)(=O)NC3CC3)ccc2Br)C1. The van der Waals surface area contributed by atoms with Gasteiger partial charge in [0, 0.05) is 23.6 Å². The van der Waals surface area contributed by atoms with Gasteiger partial charge in [-0.15, -0.1) is 0 Å². The molecule has 24 heavy (non-hydrogen) atoms. The van der Waals surface area contributed by atoms with Crippen LogP contribution in [0.1, 0.15) is 43.5 Å². The van der Waals surface area contributed by atoms with E-state index in [4.69, 9.17) is 0 Å². The number of hydrogen-bond acceptors (Lipinski definition) is 3. The third kappa shape index (κ3) is 4.00. The van der Waals surface area contributed by atoms with Gasteiger partial charge in [0.1, 0.15) is 0 Å². The smallest absolute Gasteiger partial charge is 0.255 e. The number of nitrogens with one attached hydrogen (secondary N) is 1. The van der Waals surface area contributed by atoms with Crippen LogP contribution in [0.2, 0.25) is 0 Å². The second kappa shape index (κ2) is 6.77. The summed E-state index contributed by atoms with van der Waals surface area (Å²) >= 11 is 3.40. The van der Waals surface area contributed by atoms with Gasteiger partial charge in [0.25, 0.3) is 5.91 Å². The van der Waals surface area contributed by atoms with Crippen molar-refractivity contribution in [1.29, 1.82) is 0 Å². The van der Waals surface area contributed by atoms with Crippen LogP contribution in [0.25, 0.3) is 0 Å². The van der Waals surface area contributed by atoms with Crippen LogP contribution in [0.5, 0.6) is 0 Å². The topological polar surface area (TPSA) is 66.5 Å². The molecule has 1 aliphatic heterocycles. The molecule has 3 rings (SSSR count). The van der Waals surface area contributed by atoms with Gasteiger partial charge in [-0.25, -0.2) is 13.1 Å². The highest BCUT2D eigenvalue weighted by Crippen LogP contribution is 2.28. The fourth-order valence-corrected chi connectivity index (χ4v) is 5.07. The maximum atomic E-state index is 12.9. The molecule has 2 unspecified atom stereocenters. The minimum Gasteiger partial charge on any atom is -0.338 e. The molecule has 0 bridgehead atoms. The van der Waals surface area contributed by atoms with Crippen molar-refractivity contribution in [3.05, 3.63) is 28.2 Å². The predicted molar refractivity (Wildman–Crippen MR) is 96.3 cm³/mol. The number of rotatable bonds is 4. The molecule has 1 aromatic rings. The van der Waals surface area contributed by atoms with E-state index in [1.807, 2.05) is 4.90 Å². The molecule has 1 saturated carbocycles. The molecule has 1 amide bonds. The number of sulfonamides is 1. The summed E-state index contributed by atoms with van der Waals surface area (Å²) in [7, 11) is -3.56. The normalized spacial score (nSPS) is 24.9. The summed E-state index contributed by atoms with van der Waals surface area (Å²) < 4.78 is 28.1. The van der Waals surface area contributed by atoms with E-state index in [1.54, 1.807) is 6.07 Å². The monoisotopic (exact) mass is 414 g/mol. The lowest BCUT2D eigenvalue weighted by Crippen LogP contribution is -2.42. The summed E-state index contributed by atoms with van der Waals surface area (Å²) in [4.78, 5) is 14.9. The van der Waals surface area contributed by atoms with E-state index < -0.39 is 10.0 Å². The van der Waals surface area contributed by atoms with Gasteiger partial charge in [-0.05, 0) is 65.2 Å². The molecule has 1 aromatic carbocycles. The fourth-order valence-electron chi connectivity index (χ4n) is 3.32. The number of carbonyl (C=O) groups is 1. The van der Waals surface area contributed by atoms with Crippen LogP contribution in [0, 0.1) is 11.8 Å². The quantitative estimate of drug-likeness (QED) is 0.822. The first-order valence-electron chi connectivity index (χ1n) is 8.37. The van der Waals surface area contributed by atoms with Crippen LogP contribution in [0.3, 0.4) is 0 Å². The summed E-state index contributed by atoms with van der Waals surface area (Å²) in [5.74, 6) is 0.809. The Kier molecular flexibility index (Phi) is 5.04. The standard InChI is InChI=1S/C17H23BrN2O3S/c1-11-7-12(2)10-20(9-11)17(21)15-8-14(5-6-16(15)18)24(22,23)19-13-3-4-13/h5-6,8,11-13,19H,3-4,7,9-10H2,1-2H3. The van der Waals surface area contributed by atoms with Crippen molar-refractivity contribution in [2.24, 2.45) is 11.8 Å². The Labute approximate surface area is 152 Å². The highest BCUT2D eigenvalue weighted by Gasteiger charge is 2.30. The van der Waals surface area contributed by atoms with Crippen LogP contribution in [0.15, 0.2) is 27.6 Å². The number of likely N-dealkylation sites (tertiary alicyclic amines) is 1. The molecule has 0 spiro atoms. The minimum absolute atomic E-state index is 0.0431. The minimum atomic E-state index is -3.56. The molecule has 1 aliphatic carbocycles. The Balaban J connectivity index is 1.87. The van der Waals surface area contributed by atoms with Gasteiger partial charge >= 0.3 is 0 Å². The molecule has 5 nitrogen and oxygen atoms in total. The first-order chi connectivity index (χ1) is 11.3. The molecule has 0 aromatic heterocycles. The first-order valence-corrected chi connectivity index (χ1v) is 10.6. The number of halogens is 1. The van der Waals surface area contributed by atoms with Crippen molar-refractivity contribution in [2.75, 3.05) is 13.1 Å². The maximum absolute atomic E-state index is 12.9. The fraction of sp³-hybridized carbons (Fsp3) is 0.588. The van der Waals surface area contributed by atoms with E-state index >= 15 is 0 Å². The average Bonchev–Trinajstić information content (AvgIpc) is 3.29. The van der Waals surface area contributed by atoms with E-state index in [9.17, 15) is 13.2 Å². The largest absolute Gasteiger partial charge is 0.338 e.